The largest absolute Gasteiger partial charge is 0.300 e. The topological polar surface area (TPSA) is 3.24 Å². The molecule has 1 rings (SSSR count). The summed E-state index contributed by atoms with van der Waals surface area (Å²) < 4.78 is 0. The molecule has 0 aromatic carbocycles. The lowest BCUT2D eigenvalue weighted by molar-refractivity contribution is 0.142. The maximum absolute atomic E-state index is 5.89. The summed E-state index contributed by atoms with van der Waals surface area (Å²) in [7, 11) is 0. The van der Waals surface area contributed by atoms with Gasteiger partial charge in [0.1, 0.15) is 0 Å². The van der Waals surface area contributed by atoms with Crippen LogP contribution in [0.25, 0.3) is 0 Å². The number of likely N-dealkylation sites (tertiary alicyclic amines) is 1. The molecule has 0 saturated carbocycles. The quantitative estimate of drug-likeness (QED) is 0.423. The van der Waals surface area contributed by atoms with Crippen molar-refractivity contribution >= 4 is 11.6 Å². The lowest BCUT2D eigenvalue weighted by Gasteiger charge is -2.35. The van der Waals surface area contributed by atoms with Gasteiger partial charge in [0.05, 0.1) is 0 Å². The molecule has 0 amide bonds. The highest BCUT2D eigenvalue weighted by Gasteiger charge is 2.20. The van der Waals surface area contributed by atoms with Crippen molar-refractivity contribution in [2.75, 3.05) is 19.0 Å². The second-order valence-electron chi connectivity index (χ2n) is 5.43. The molecule has 0 aromatic rings. The van der Waals surface area contributed by atoms with Crippen LogP contribution >= 0.6 is 11.6 Å². The summed E-state index contributed by atoms with van der Waals surface area (Å²) in [6, 6.07) is 0.789. The summed E-state index contributed by atoms with van der Waals surface area (Å²) in [6.45, 7) is 4.91. The van der Waals surface area contributed by atoms with E-state index >= 15 is 0 Å². The number of hydrogen-bond acceptors (Lipinski definition) is 1. The minimum atomic E-state index is 0.789. The molecule has 1 aliphatic rings. The zero-order chi connectivity index (χ0) is 12.3. The number of piperidine rings is 1. The van der Waals surface area contributed by atoms with Gasteiger partial charge in [0.15, 0.2) is 0 Å². The van der Waals surface area contributed by atoms with Gasteiger partial charge < -0.3 is 4.90 Å². The lowest BCUT2D eigenvalue weighted by atomic mass is 9.99. The van der Waals surface area contributed by atoms with Crippen molar-refractivity contribution in [3.05, 3.63) is 0 Å². The maximum Gasteiger partial charge on any atom is 0.0238 e. The van der Waals surface area contributed by atoms with Crippen LogP contribution in [0.5, 0.6) is 0 Å². The van der Waals surface area contributed by atoms with Crippen molar-refractivity contribution in [2.45, 2.75) is 77.2 Å². The highest BCUT2D eigenvalue weighted by Crippen LogP contribution is 2.20. The molecule has 0 aliphatic carbocycles. The minimum absolute atomic E-state index is 0.789. The Morgan fingerprint density at radius 2 is 1.82 bits per heavy atom. The fraction of sp³-hybridized carbons (Fsp3) is 1.00. The Morgan fingerprint density at radius 3 is 2.59 bits per heavy atom. The molecular formula is C15H30ClN. The Balaban J connectivity index is 2.06. The molecule has 0 spiro atoms. The number of unbranched alkanes of at least 4 members (excludes halogenated alkanes) is 5. The van der Waals surface area contributed by atoms with Gasteiger partial charge in [-0.05, 0) is 38.8 Å². The Bertz CT molecular complexity index is 170. The van der Waals surface area contributed by atoms with Gasteiger partial charge in [0.25, 0.3) is 0 Å². The monoisotopic (exact) mass is 259 g/mol. The normalized spacial score (nSPS) is 21.9. The van der Waals surface area contributed by atoms with E-state index in [1.165, 1.54) is 77.3 Å². The Morgan fingerprint density at radius 1 is 1.06 bits per heavy atom. The predicted octanol–water partition coefficient (Wildman–Crippen LogP) is 4.83. The van der Waals surface area contributed by atoms with Gasteiger partial charge in [-0.2, -0.15) is 0 Å². The van der Waals surface area contributed by atoms with E-state index in [9.17, 15) is 0 Å². The van der Waals surface area contributed by atoms with E-state index in [4.69, 9.17) is 11.6 Å². The summed E-state index contributed by atoms with van der Waals surface area (Å²) in [5.41, 5.74) is 0. The van der Waals surface area contributed by atoms with Crippen LogP contribution in [0.1, 0.15) is 71.1 Å². The minimum Gasteiger partial charge on any atom is -0.300 e. The molecule has 0 bridgehead atoms. The van der Waals surface area contributed by atoms with Gasteiger partial charge in [0, 0.05) is 11.9 Å². The maximum atomic E-state index is 5.89. The Kier molecular flexibility index (Phi) is 9.18. The number of nitrogens with zero attached hydrogens (tertiary/aromatic N) is 1. The zero-order valence-corrected chi connectivity index (χ0v) is 12.4. The molecule has 1 aliphatic heterocycles. The molecule has 2 heteroatoms. The predicted molar refractivity (Wildman–Crippen MR) is 77.9 cm³/mol. The summed E-state index contributed by atoms with van der Waals surface area (Å²) >= 11 is 5.89. The van der Waals surface area contributed by atoms with Gasteiger partial charge in [0.2, 0.25) is 0 Å². The second-order valence-corrected chi connectivity index (χ2v) is 5.81. The summed E-state index contributed by atoms with van der Waals surface area (Å²) in [5, 5.41) is 0. The van der Waals surface area contributed by atoms with E-state index in [0.29, 0.717) is 0 Å². The fourth-order valence-corrected chi connectivity index (χ4v) is 3.15. The fourth-order valence-electron chi connectivity index (χ4n) is 2.90. The first-order valence-electron chi connectivity index (χ1n) is 7.68. The average molecular weight is 260 g/mol. The van der Waals surface area contributed by atoms with Crippen molar-refractivity contribution in [1.82, 2.24) is 4.90 Å². The molecular weight excluding hydrogens is 230 g/mol. The van der Waals surface area contributed by atoms with Crippen LogP contribution in [0.15, 0.2) is 0 Å². The number of hydrogen-bond donors (Lipinski definition) is 0. The summed E-state index contributed by atoms with van der Waals surface area (Å²) in [5.74, 6) is 0.831. The molecule has 0 radical (unpaired) electrons. The molecule has 1 atom stereocenters. The van der Waals surface area contributed by atoms with E-state index in [2.05, 4.69) is 11.8 Å². The zero-order valence-electron chi connectivity index (χ0n) is 11.6. The van der Waals surface area contributed by atoms with Gasteiger partial charge in [-0.3, -0.25) is 0 Å². The standard InChI is InChI=1S/C15H30ClN/c1-2-3-4-5-6-8-13-17-14-9-7-10-15(17)11-12-16/h15H,2-14H2,1H3. The third-order valence-electron chi connectivity index (χ3n) is 3.99. The van der Waals surface area contributed by atoms with E-state index in [1.807, 2.05) is 0 Å². The molecule has 1 nitrogen and oxygen atoms in total. The van der Waals surface area contributed by atoms with Crippen molar-refractivity contribution in [3.63, 3.8) is 0 Å². The molecule has 1 unspecified atom stereocenters. The first-order valence-corrected chi connectivity index (χ1v) is 8.22. The molecule has 0 aromatic heterocycles. The van der Waals surface area contributed by atoms with Crippen molar-refractivity contribution in [3.8, 4) is 0 Å². The van der Waals surface area contributed by atoms with Crippen LogP contribution in [0.2, 0.25) is 0 Å². The second kappa shape index (κ2) is 10.2. The highest BCUT2D eigenvalue weighted by molar-refractivity contribution is 6.17. The summed E-state index contributed by atoms with van der Waals surface area (Å²) in [6.07, 6.45) is 13.8. The van der Waals surface area contributed by atoms with Crippen LogP contribution in [0, 0.1) is 0 Å². The van der Waals surface area contributed by atoms with Gasteiger partial charge in [-0.1, -0.05) is 45.4 Å². The number of alkyl halides is 1. The number of rotatable bonds is 9. The van der Waals surface area contributed by atoms with E-state index < -0.39 is 0 Å². The first kappa shape index (κ1) is 15.3. The third-order valence-corrected chi connectivity index (χ3v) is 4.21. The molecule has 102 valence electrons. The van der Waals surface area contributed by atoms with E-state index in [0.717, 1.165) is 11.9 Å². The molecule has 1 fully saturated rings. The molecule has 0 N–H and O–H groups in total. The summed E-state index contributed by atoms with van der Waals surface area (Å²) in [4.78, 5) is 2.70. The number of halogens is 1. The Hall–Kier alpha value is 0.250. The van der Waals surface area contributed by atoms with Crippen LogP contribution < -0.4 is 0 Å². The average Bonchev–Trinajstić information content (AvgIpc) is 2.36. The third kappa shape index (κ3) is 6.67. The van der Waals surface area contributed by atoms with Gasteiger partial charge in [-0.15, -0.1) is 11.6 Å². The van der Waals surface area contributed by atoms with E-state index in [-0.39, 0.29) is 0 Å². The smallest absolute Gasteiger partial charge is 0.0238 e. The van der Waals surface area contributed by atoms with Gasteiger partial charge >= 0.3 is 0 Å². The van der Waals surface area contributed by atoms with Crippen LogP contribution in [-0.2, 0) is 0 Å². The van der Waals surface area contributed by atoms with Crippen LogP contribution in [0.4, 0.5) is 0 Å². The Labute approximate surface area is 113 Å². The SMILES string of the molecule is CCCCCCCCN1CCCCC1CCCl. The van der Waals surface area contributed by atoms with Crippen molar-refractivity contribution in [2.24, 2.45) is 0 Å². The van der Waals surface area contributed by atoms with Crippen molar-refractivity contribution < 1.29 is 0 Å². The van der Waals surface area contributed by atoms with Crippen molar-refractivity contribution in [1.29, 1.82) is 0 Å². The molecule has 1 heterocycles. The molecule has 17 heavy (non-hydrogen) atoms. The lowest BCUT2D eigenvalue weighted by Crippen LogP contribution is -2.40. The highest BCUT2D eigenvalue weighted by atomic mass is 35.5. The van der Waals surface area contributed by atoms with E-state index in [1.54, 1.807) is 0 Å². The van der Waals surface area contributed by atoms with Gasteiger partial charge in [-0.25, -0.2) is 0 Å². The van der Waals surface area contributed by atoms with Crippen LogP contribution in [-0.4, -0.2) is 29.9 Å². The first-order chi connectivity index (χ1) is 8.38. The molecule has 1 saturated heterocycles. The van der Waals surface area contributed by atoms with Crippen LogP contribution in [0.3, 0.4) is 0 Å².